The zero-order chi connectivity index (χ0) is 19.1. The van der Waals surface area contributed by atoms with Gasteiger partial charge in [-0.2, -0.15) is 0 Å². The Morgan fingerprint density at radius 3 is 2.96 bits per heavy atom. The van der Waals surface area contributed by atoms with Crippen LogP contribution in [-0.2, 0) is 21.4 Å². The molecule has 2 heterocycles. The second kappa shape index (κ2) is 4.46. The molecule has 1 aromatic rings. The molecular formula is C22H23NO5. The van der Waals surface area contributed by atoms with Gasteiger partial charge in [0.2, 0.25) is 0 Å². The number of benzene rings is 1. The minimum absolute atomic E-state index is 0.0405. The van der Waals surface area contributed by atoms with Gasteiger partial charge in [-0.1, -0.05) is 6.07 Å². The van der Waals surface area contributed by atoms with Gasteiger partial charge in [-0.25, -0.2) is 0 Å². The standard InChI is InChI=1S/C22H23NO5/c1-11(24)27-15-5-4-13-8-20-10-21-16(13)17(15)28-18(21)14(25)6-7-22(21,26)19(20)23(20)9-12-2-3-12/h4-5,12,18-19,26H,2-3,6-10H2,1H3/t18-,19?,20?,21-,22+,23+/m1/s1. The zero-order valence-corrected chi connectivity index (χ0v) is 15.9. The van der Waals surface area contributed by atoms with E-state index in [2.05, 4.69) is 4.90 Å². The van der Waals surface area contributed by atoms with Gasteiger partial charge in [-0.05, 0) is 49.7 Å². The smallest absolute Gasteiger partial charge is 0.308 e. The summed E-state index contributed by atoms with van der Waals surface area (Å²) in [6, 6.07) is 3.91. The van der Waals surface area contributed by atoms with Gasteiger partial charge in [0.05, 0.1) is 17.1 Å². The fraction of sp³-hybridized carbons (Fsp3) is 0.636. The Hall–Kier alpha value is -1.92. The SMILES string of the molecule is CC(=O)Oc1ccc2c3c1O[C@@H]1C(=O)CC[C@]4(O)C5[N@](CC6CC6)C5(C2)C[C@@]314. The number of nitrogens with zero attached hydrogens (tertiary/aromatic N) is 1. The predicted molar refractivity (Wildman–Crippen MR) is 97.3 cm³/mol. The molecule has 2 unspecified atom stereocenters. The van der Waals surface area contributed by atoms with Crippen molar-refractivity contribution >= 4 is 11.8 Å². The highest BCUT2D eigenvalue weighted by atomic mass is 16.6. The summed E-state index contributed by atoms with van der Waals surface area (Å²) in [4.78, 5) is 27.0. The molecular weight excluding hydrogens is 358 g/mol. The number of esters is 1. The third-order valence-electron chi connectivity index (χ3n) is 8.42. The predicted octanol–water partition coefficient (Wildman–Crippen LogP) is 1.50. The van der Waals surface area contributed by atoms with Crippen LogP contribution in [0.5, 0.6) is 11.5 Å². The van der Waals surface area contributed by atoms with Crippen molar-refractivity contribution in [1.82, 2.24) is 4.90 Å². The first-order valence-corrected chi connectivity index (χ1v) is 10.4. The van der Waals surface area contributed by atoms with E-state index in [0.29, 0.717) is 24.3 Å². The number of hydrogen-bond donors (Lipinski definition) is 1. The number of aliphatic hydroxyl groups is 1. The molecule has 0 radical (unpaired) electrons. The molecule has 6 aliphatic rings. The lowest BCUT2D eigenvalue weighted by Gasteiger charge is -2.50. The summed E-state index contributed by atoms with van der Waals surface area (Å²) >= 11 is 0. The number of hydrogen-bond acceptors (Lipinski definition) is 6. The van der Waals surface area contributed by atoms with E-state index in [4.69, 9.17) is 9.47 Å². The van der Waals surface area contributed by atoms with Crippen molar-refractivity contribution in [3.05, 3.63) is 23.3 Å². The van der Waals surface area contributed by atoms with Crippen LogP contribution in [0.15, 0.2) is 12.1 Å². The van der Waals surface area contributed by atoms with Crippen LogP contribution in [0.4, 0.5) is 0 Å². The van der Waals surface area contributed by atoms with Crippen LogP contribution in [0.2, 0.25) is 0 Å². The largest absolute Gasteiger partial charge is 0.477 e. The lowest BCUT2D eigenvalue weighted by atomic mass is 9.57. The number of ketones is 1. The summed E-state index contributed by atoms with van der Waals surface area (Å²) in [7, 11) is 0. The first-order valence-electron chi connectivity index (χ1n) is 10.4. The van der Waals surface area contributed by atoms with E-state index >= 15 is 0 Å². The molecule has 6 nitrogen and oxygen atoms in total. The zero-order valence-electron chi connectivity index (χ0n) is 15.9. The van der Waals surface area contributed by atoms with Crippen LogP contribution in [-0.4, -0.2) is 51.6 Å². The minimum Gasteiger partial charge on any atom is -0.477 e. The maximum atomic E-state index is 12.9. The summed E-state index contributed by atoms with van der Waals surface area (Å²) in [5.41, 5.74) is 0.406. The molecule has 28 heavy (non-hydrogen) atoms. The highest BCUT2D eigenvalue weighted by Crippen LogP contribution is 2.76. The van der Waals surface area contributed by atoms with Gasteiger partial charge >= 0.3 is 5.97 Å². The molecule has 0 amide bonds. The van der Waals surface area contributed by atoms with Gasteiger partial charge < -0.3 is 14.6 Å². The Kier molecular flexibility index (Phi) is 2.54. The molecule has 3 saturated carbocycles. The van der Waals surface area contributed by atoms with Crippen LogP contribution >= 0.6 is 0 Å². The first kappa shape index (κ1) is 15.9. The first-order chi connectivity index (χ1) is 13.4. The normalized spacial score (nSPS) is 45.9. The Morgan fingerprint density at radius 2 is 2.21 bits per heavy atom. The molecule has 1 aromatic carbocycles. The van der Waals surface area contributed by atoms with Gasteiger partial charge in [-0.15, -0.1) is 0 Å². The number of carbonyl (C=O) groups excluding carboxylic acids is 2. The third-order valence-corrected chi connectivity index (χ3v) is 8.42. The summed E-state index contributed by atoms with van der Waals surface area (Å²) < 4.78 is 11.6. The highest BCUT2D eigenvalue weighted by molar-refractivity contribution is 5.91. The van der Waals surface area contributed by atoms with Gasteiger partial charge in [0.25, 0.3) is 0 Å². The van der Waals surface area contributed by atoms with Gasteiger partial charge in [0, 0.05) is 31.0 Å². The molecule has 7 rings (SSSR count). The molecule has 2 aliphatic heterocycles. The Balaban J connectivity index is 1.44. The molecule has 1 N–H and O–H groups in total. The molecule has 4 aliphatic carbocycles. The van der Waals surface area contributed by atoms with Crippen molar-refractivity contribution in [3.8, 4) is 11.5 Å². The van der Waals surface area contributed by atoms with E-state index in [1.165, 1.54) is 19.8 Å². The summed E-state index contributed by atoms with van der Waals surface area (Å²) in [6.07, 6.45) is 4.41. The van der Waals surface area contributed by atoms with Crippen LogP contribution in [0.3, 0.4) is 0 Å². The minimum atomic E-state index is -0.953. The van der Waals surface area contributed by atoms with Crippen LogP contribution < -0.4 is 9.47 Å². The monoisotopic (exact) mass is 381 g/mol. The second-order valence-electron chi connectivity index (χ2n) is 9.84. The maximum Gasteiger partial charge on any atom is 0.308 e. The van der Waals surface area contributed by atoms with Crippen LogP contribution in [0, 0.1) is 5.92 Å². The number of piperidine rings is 1. The maximum absolute atomic E-state index is 12.9. The lowest BCUT2D eigenvalue weighted by molar-refractivity contribution is -0.149. The molecule has 0 aromatic heterocycles. The van der Waals surface area contributed by atoms with E-state index in [9.17, 15) is 14.7 Å². The quantitative estimate of drug-likeness (QED) is 0.486. The fourth-order valence-corrected chi connectivity index (χ4v) is 7.38. The number of carbonyl (C=O) groups is 2. The average molecular weight is 381 g/mol. The van der Waals surface area contributed by atoms with E-state index in [1.54, 1.807) is 6.07 Å². The lowest BCUT2D eigenvalue weighted by Crippen LogP contribution is -2.65. The van der Waals surface area contributed by atoms with Crippen molar-refractivity contribution in [2.45, 2.75) is 74.1 Å². The molecule has 1 saturated heterocycles. The molecule has 6 heteroatoms. The van der Waals surface area contributed by atoms with Crippen molar-refractivity contribution in [2.75, 3.05) is 6.54 Å². The molecule has 4 fully saturated rings. The van der Waals surface area contributed by atoms with E-state index in [-0.39, 0.29) is 17.4 Å². The van der Waals surface area contributed by atoms with Crippen molar-refractivity contribution < 1.29 is 24.2 Å². The number of fused-ring (bicyclic) bond motifs is 1. The topological polar surface area (TPSA) is 75.8 Å². The number of likely N-dealkylation sites (tertiary alicyclic amines) is 1. The van der Waals surface area contributed by atoms with E-state index in [1.807, 2.05) is 6.07 Å². The third kappa shape index (κ3) is 1.51. The fourth-order valence-electron chi connectivity index (χ4n) is 7.38. The highest BCUT2D eigenvalue weighted by Gasteiger charge is 2.88. The summed E-state index contributed by atoms with van der Waals surface area (Å²) in [6.45, 7) is 2.43. The van der Waals surface area contributed by atoms with Crippen molar-refractivity contribution in [1.29, 1.82) is 0 Å². The molecule has 2 spiro atoms. The number of Topliss-reactive ketones (excluding diaryl/α,β-unsaturated/α-hetero) is 1. The van der Waals surface area contributed by atoms with Crippen molar-refractivity contribution in [3.63, 3.8) is 0 Å². The molecule has 146 valence electrons. The van der Waals surface area contributed by atoms with Crippen LogP contribution in [0.25, 0.3) is 0 Å². The Bertz CT molecular complexity index is 985. The second-order valence-corrected chi connectivity index (χ2v) is 9.84. The average Bonchev–Trinajstić information content (AvgIpc) is 3.51. The molecule has 2 bridgehead atoms. The van der Waals surface area contributed by atoms with E-state index in [0.717, 1.165) is 36.4 Å². The van der Waals surface area contributed by atoms with Crippen molar-refractivity contribution in [2.24, 2.45) is 5.92 Å². The van der Waals surface area contributed by atoms with E-state index < -0.39 is 23.1 Å². The Morgan fingerprint density at radius 1 is 1.39 bits per heavy atom. The molecule has 6 atom stereocenters. The van der Waals surface area contributed by atoms with Crippen LogP contribution in [0.1, 0.15) is 50.2 Å². The van der Waals surface area contributed by atoms with Gasteiger partial charge in [0.15, 0.2) is 23.4 Å². The number of ether oxygens (including phenoxy) is 2. The summed E-state index contributed by atoms with van der Waals surface area (Å²) in [5.74, 6) is 1.30. The Labute approximate surface area is 162 Å². The number of rotatable bonds is 3. The summed E-state index contributed by atoms with van der Waals surface area (Å²) in [5, 5.41) is 12.1. The van der Waals surface area contributed by atoms with Gasteiger partial charge in [-0.3, -0.25) is 14.5 Å². The van der Waals surface area contributed by atoms with Gasteiger partial charge in [0.1, 0.15) is 0 Å².